The van der Waals surface area contributed by atoms with Crippen molar-refractivity contribution < 1.29 is 14.3 Å². The highest BCUT2D eigenvalue weighted by molar-refractivity contribution is 5.81. The van der Waals surface area contributed by atoms with Gasteiger partial charge in [0.2, 0.25) is 5.88 Å². The van der Waals surface area contributed by atoms with Gasteiger partial charge in [0.25, 0.3) is 0 Å². The molecule has 0 radical (unpaired) electrons. The van der Waals surface area contributed by atoms with Crippen LogP contribution in [0.2, 0.25) is 0 Å². The first kappa shape index (κ1) is 26.0. The van der Waals surface area contributed by atoms with E-state index in [9.17, 15) is 10.1 Å². The Balaban J connectivity index is 1.66. The Bertz CT molecular complexity index is 1490. The highest BCUT2D eigenvalue weighted by Gasteiger charge is 2.28. The molecule has 2 aromatic carbocycles. The van der Waals surface area contributed by atoms with Gasteiger partial charge in [0, 0.05) is 17.1 Å². The predicted molar refractivity (Wildman–Crippen MR) is 146 cm³/mol. The SMILES string of the molecule is CCc1cc2ccc(C(C)(C#N)Cc3cccc(-c4cccn4C(=O)OC(C)(C)C)c3)cc2nc1OC. The van der Waals surface area contributed by atoms with Gasteiger partial charge in [0.15, 0.2) is 0 Å². The van der Waals surface area contributed by atoms with Gasteiger partial charge in [-0.2, -0.15) is 5.26 Å². The van der Waals surface area contributed by atoms with Crippen LogP contribution >= 0.6 is 0 Å². The summed E-state index contributed by atoms with van der Waals surface area (Å²) >= 11 is 0. The van der Waals surface area contributed by atoms with Crippen LogP contribution < -0.4 is 4.74 Å². The second-order valence-corrected chi connectivity index (χ2v) is 10.5. The molecule has 6 nitrogen and oxygen atoms in total. The molecule has 0 fully saturated rings. The molecule has 190 valence electrons. The van der Waals surface area contributed by atoms with Crippen LogP contribution in [0.5, 0.6) is 5.88 Å². The molecule has 0 amide bonds. The summed E-state index contributed by atoms with van der Waals surface area (Å²) in [5, 5.41) is 11.3. The van der Waals surface area contributed by atoms with Crippen LogP contribution in [0.3, 0.4) is 0 Å². The third kappa shape index (κ3) is 5.51. The maximum absolute atomic E-state index is 12.7. The number of nitrogens with zero attached hydrogens (tertiary/aromatic N) is 3. The lowest BCUT2D eigenvalue weighted by Gasteiger charge is -2.23. The van der Waals surface area contributed by atoms with E-state index in [0.29, 0.717) is 12.3 Å². The minimum absolute atomic E-state index is 0.426. The highest BCUT2D eigenvalue weighted by Crippen LogP contribution is 2.33. The fraction of sp³-hybridized carbons (Fsp3) is 0.323. The standard InChI is InChI=1S/C31H33N3O3/c1-7-22-17-23-13-14-25(18-26(23)33-28(22)36-6)31(5,20-32)19-21-10-8-11-24(16-21)27-12-9-15-34(27)29(35)37-30(2,3)4/h8-18H,7,19H2,1-6H3. The second kappa shape index (κ2) is 10.1. The number of hydrogen-bond acceptors (Lipinski definition) is 5. The molecule has 0 N–H and O–H groups in total. The van der Waals surface area contributed by atoms with Gasteiger partial charge < -0.3 is 9.47 Å². The van der Waals surface area contributed by atoms with Crippen molar-refractivity contribution in [1.82, 2.24) is 9.55 Å². The first-order valence-corrected chi connectivity index (χ1v) is 12.5. The van der Waals surface area contributed by atoms with Gasteiger partial charge in [-0.15, -0.1) is 0 Å². The number of carbonyl (C=O) groups excluding carboxylic acids is 1. The van der Waals surface area contributed by atoms with E-state index in [1.54, 1.807) is 13.3 Å². The first-order valence-electron chi connectivity index (χ1n) is 12.5. The van der Waals surface area contributed by atoms with E-state index < -0.39 is 17.1 Å². The highest BCUT2D eigenvalue weighted by atomic mass is 16.6. The molecule has 4 rings (SSSR count). The molecule has 0 aliphatic rings. The zero-order chi connectivity index (χ0) is 26.8. The summed E-state index contributed by atoms with van der Waals surface area (Å²) in [4.78, 5) is 17.4. The lowest BCUT2D eigenvalue weighted by Crippen LogP contribution is -2.27. The molecule has 1 atom stereocenters. The van der Waals surface area contributed by atoms with Crippen LogP contribution in [0, 0.1) is 11.3 Å². The number of aromatic nitrogens is 2. The Morgan fingerprint density at radius 1 is 1.05 bits per heavy atom. The third-order valence-electron chi connectivity index (χ3n) is 6.43. The Morgan fingerprint density at radius 2 is 1.84 bits per heavy atom. The average molecular weight is 496 g/mol. The number of aryl methyl sites for hydroxylation is 1. The zero-order valence-corrected chi connectivity index (χ0v) is 22.3. The molecule has 4 aromatic rings. The number of fused-ring (bicyclic) bond motifs is 1. The fourth-order valence-electron chi connectivity index (χ4n) is 4.51. The van der Waals surface area contributed by atoms with Crippen LogP contribution in [-0.4, -0.2) is 28.4 Å². The van der Waals surface area contributed by atoms with Crippen molar-refractivity contribution in [1.29, 1.82) is 5.26 Å². The maximum atomic E-state index is 12.7. The lowest BCUT2D eigenvalue weighted by atomic mass is 9.78. The fourth-order valence-corrected chi connectivity index (χ4v) is 4.51. The van der Waals surface area contributed by atoms with Crippen molar-refractivity contribution in [2.75, 3.05) is 7.11 Å². The molecule has 37 heavy (non-hydrogen) atoms. The van der Waals surface area contributed by atoms with Gasteiger partial charge in [-0.1, -0.05) is 37.3 Å². The zero-order valence-electron chi connectivity index (χ0n) is 22.3. The molecule has 6 heteroatoms. The smallest absolute Gasteiger partial charge is 0.418 e. The largest absolute Gasteiger partial charge is 0.481 e. The molecule has 0 bridgehead atoms. The Labute approximate surface area is 218 Å². The summed E-state index contributed by atoms with van der Waals surface area (Å²) in [6.07, 6.45) is 2.61. The second-order valence-electron chi connectivity index (χ2n) is 10.5. The van der Waals surface area contributed by atoms with Crippen LogP contribution in [0.4, 0.5) is 4.79 Å². The molecule has 0 spiro atoms. The van der Waals surface area contributed by atoms with Crippen molar-refractivity contribution in [2.45, 2.75) is 58.5 Å². The van der Waals surface area contributed by atoms with Gasteiger partial charge in [0.05, 0.1) is 29.8 Å². The number of methoxy groups -OCH3 is 1. The summed E-state index contributed by atoms with van der Waals surface area (Å²) in [6.45, 7) is 9.56. The van der Waals surface area contributed by atoms with Crippen LogP contribution in [0.15, 0.2) is 66.9 Å². The number of carbonyl (C=O) groups is 1. The van der Waals surface area contributed by atoms with Crippen molar-refractivity contribution in [2.24, 2.45) is 0 Å². The number of hydrogen-bond donors (Lipinski definition) is 0. The summed E-state index contributed by atoms with van der Waals surface area (Å²) in [5.74, 6) is 0.617. The minimum Gasteiger partial charge on any atom is -0.481 e. The lowest BCUT2D eigenvalue weighted by molar-refractivity contribution is 0.0540. The Hall–Kier alpha value is -4.11. The van der Waals surface area contributed by atoms with E-state index in [1.165, 1.54) is 4.57 Å². The first-order chi connectivity index (χ1) is 17.6. The predicted octanol–water partition coefficient (Wildman–Crippen LogP) is 7.08. The summed E-state index contributed by atoms with van der Waals surface area (Å²) in [5.41, 5.74) is 3.99. The van der Waals surface area contributed by atoms with Gasteiger partial charge in [-0.3, -0.25) is 4.57 Å². The Morgan fingerprint density at radius 3 is 2.51 bits per heavy atom. The topological polar surface area (TPSA) is 77.1 Å². The third-order valence-corrected chi connectivity index (χ3v) is 6.43. The molecule has 0 aliphatic heterocycles. The van der Waals surface area contributed by atoms with Crippen molar-refractivity contribution in [3.63, 3.8) is 0 Å². The quantitative estimate of drug-likeness (QED) is 0.286. The van der Waals surface area contributed by atoms with Crippen molar-refractivity contribution >= 4 is 17.0 Å². The molecular weight excluding hydrogens is 462 g/mol. The van der Waals surface area contributed by atoms with E-state index >= 15 is 0 Å². The van der Waals surface area contributed by atoms with Crippen LogP contribution in [-0.2, 0) is 23.0 Å². The van der Waals surface area contributed by atoms with E-state index in [0.717, 1.165) is 45.3 Å². The number of ether oxygens (including phenoxy) is 2. The van der Waals surface area contributed by atoms with Crippen molar-refractivity contribution in [3.8, 4) is 23.2 Å². The number of pyridine rings is 1. The van der Waals surface area contributed by atoms with E-state index in [4.69, 9.17) is 14.5 Å². The van der Waals surface area contributed by atoms with Gasteiger partial charge in [-0.25, -0.2) is 9.78 Å². The molecule has 2 aromatic heterocycles. The molecule has 2 heterocycles. The molecule has 0 aliphatic carbocycles. The normalized spacial score (nSPS) is 13.1. The monoisotopic (exact) mass is 495 g/mol. The summed E-state index contributed by atoms with van der Waals surface area (Å²) in [7, 11) is 1.63. The van der Waals surface area contributed by atoms with Crippen LogP contribution in [0.25, 0.3) is 22.2 Å². The van der Waals surface area contributed by atoms with E-state index in [1.807, 2.05) is 82.3 Å². The number of nitriles is 1. The average Bonchev–Trinajstić information content (AvgIpc) is 3.37. The van der Waals surface area contributed by atoms with Gasteiger partial charge in [0.1, 0.15) is 5.60 Å². The Kier molecular flexibility index (Phi) is 7.09. The van der Waals surface area contributed by atoms with E-state index in [2.05, 4.69) is 19.1 Å². The van der Waals surface area contributed by atoms with E-state index in [-0.39, 0.29) is 0 Å². The summed E-state index contributed by atoms with van der Waals surface area (Å²) < 4.78 is 12.6. The summed E-state index contributed by atoms with van der Waals surface area (Å²) in [6, 6.07) is 22.3. The number of benzene rings is 2. The van der Waals surface area contributed by atoms with Crippen molar-refractivity contribution in [3.05, 3.63) is 83.6 Å². The number of rotatable bonds is 6. The van der Waals surface area contributed by atoms with Crippen LogP contribution in [0.1, 0.15) is 51.3 Å². The maximum Gasteiger partial charge on any atom is 0.418 e. The van der Waals surface area contributed by atoms with Gasteiger partial charge in [-0.05, 0) is 87.6 Å². The van der Waals surface area contributed by atoms with Gasteiger partial charge >= 0.3 is 6.09 Å². The molecule has 0 saturated heterocycles. The minimum atomic E-state index is -0.779. The molecule has 1 unspecified atom stereocenters. The molecular formula is C31H33N3O3. The molecule has 0 saturated carbocycles.